The first-order chi connectivity index (χ1) is 10.2. The van der Waals surface area contributed by atoms with Crippen molar-refractivity contribution >= 4 is 12.2 Å². The van der Waals surface area contributed by atoms with Crippen LogP contribution in [0.1, 0.15) is 21.0 Å². The smallest absolute Gasteiger partial charge is 0.267 e. The van der Waals surface area contributed by atoms with Crippen molar-refractivity contribution in [2.45, 2.75) is 0 Å². The summed E-state index contributed by atoms with van der Waals surface area (Å²) in [5.41, 5.74) is 0.719. The summed E-state index contributed by atoms with van der Waals surface area (Å²) in [7, 11) is 1.60. The lowest BCUT2D eigenvalue weighted by atomic mass is 10.3. The van der Waals surface area contributed by atoms with Crippen LogP contribution < -0.4 is 14.8 Å². The van der Waals surface area contributed by atoms with Gasteiger partial charge in [0.25, 0.3) is 5.91 Å². The quantitative estimate of drug-likeness (QED) is 0.599. The molecule has 0 unspecified atom stereocenters. The Morgan fingerprint density at radius 3 is 2.52 bits per heavy atom. The van der Waals surface area contributed by atoms with Crippen molar-refractivity contribution in [1.29, 1.82) is 0 Å². The summed E-state index contributed by atoms with van der Waals surface area (Å²) in [4.78, 5) is 25.0. The highest BCUT2D eigenvalue weighted by atomic mass is 16.5. The van der Waals surface area contributed by atoms with Crippen LogP contribution in [0, 0.1) is 0 Å². The van der Waals surface area contributed by atoms with E-state index < -0.39 is 0 Å². The van der Waals surface area contributed by atoms with Crippen molar-refractivity contribution in [2.75, 3.05) is 20.3 Å². The fourth-order valence-electron chi connectivity index (χ4n) is 1.71. The van der Waals surface area contributed by atoms with Gasteiger partial charge in [-0.15, -0.1) is 0 Å². The van der Waals surface area contributed by atoms with E-state index in [0.29, 0.717) is 36.6 Å². The number of methoxy groups -OCH3 is 1. The van der Waals surface area contributed by atoms with Crippen LogP contribution in [-0.4, -0.2) is 37.4 Å². The lowest BCUT2D eigenvalue weighted by Gasteiger charge is -2.07. The van der Waals surface area contributed by atoms with Crippen LogP contribution >= 0.6 is 0 Å². The summed E-state index contributed by atoms with van der Waals surface area (Å²) in [6.45, 7) is 0.708. The minimum absolute atomic E-state index is 0.276. The van der Waals surface area contributed by atoms with Gasteiger partial charge in [0.2, 0.25) is 0 Å². The fraction of sp³-hybridized carbons (Fsp3) is 0.200. The summed E-state index contributed by atoms with van der Waals surface area (Å²) in [5, 5.41) is 2.69. The normalized spacial score (nSPS) is 9.95. The number of rotatable bonds is 7. The van der Waals surface area contributed by atoms with Gasteiger partial charge in [0, 0.05) is 0 Å². The van der Waals surface area contributed by atoms with E-state index >= 15 is 0 Å². The predicted octanol–water partition coefficient (Wildman–Crippen LogP) is 1.64. The molecule has 0 bridgehead atoms. The van der Waals surface area contributed by atoms with Crippen molar-refractivity contribution in [1.82, 2.24) is 10.3 Å². The first-order valence-corrected chi connectivity index (χ1v) is 6.42. The molecule has 6 nitrogen and oxygen atoms in total. The van der Waals surface area contributed by atoms with Crippen LogP contribution in [0.2, 0.25) is 0 Å². The average Bonchev–Trinajstić information content (AvgIpc) is 3.01. The topological polar surface area (TPSA) is 80.4 Å². The maximum atomic E-state index is 11.7. The molecule has 0 aliphatic heterocycles. The summed E-state index contributed by atoms with van der Waals surface area (Å²) in [5.74, 6) is 1.18. The third kappa shape index (κ3) is 4.10. The molecule has 2 aromatic rings. The Labute approximate surface area is 122 Å². The lowest BCUT2D eigenvalue weighted by Crippen LogP contribution is -2.28. The Morgan fingerprint density at radius 2 is 1.90 bits per heavy atom. The van der Waals surface area contributed by atoms with Crippen molar-refractivity contribution in [3.63, 3.8) is 0 Å². The second-order valence-electron chi connectivity index (χ2n) is 4.23. The molecule has 0 aliphatic carbocycles. The molecule has 1 aromatic heterocycles. The molecular weight excluding hydrogens is 272 g/mol. The molecular formula is C15H16N2O4. The summed E-state index contributed by atoms with van der Waals surface area (Å²) in [6, 6.07) is 10.3. The molecule has 0 fully saturated rings. The number of carbonyl (C=O) groups excluding carboxylic acids is 2. The van der Waals surface area contributed by atoms with Gasteiger partial charge in [0.15, 0.2) is 6.29 Å². The van der Waals surface area contributed by atoms with Gasteiger partial charge >= 0.3 is 0 Å². The van der Waals surface area contributed by atoms with Gasteiger partial charge in [-0.3, -0.25) is 9.59 Å². The van der Waals surface area contributed by atoms with Crippen LogP contribution in [0.15, 0.2) is 36.4 Å². The highest BCUT2D eigenvalue weighted by Crippen LogP contribution is 2.16. The Kier molecular flexibility index (Phi) is 4.98. The average molecular weight is 288 g/mol. The van der Waals surface area contributed by atoms with Gasteiger partial charge in [-0.1, -0.05) is 0 Å². The molecule has 1 heterocycles. The number of amides is 1. The van der Waals surface area contributed by atoms with E-state index in [1.807, 2.05) is 0 Å². The number of aromatic nitrogens is 1. The van der Waals surface area contributed by atoms with E-state index in [-0.39, 0.29) is 5.91 Å². The fourth-order valence-corrected chi connectivity index (χ4v) is 1.71. The molecule has 0 saturated heterocycles. The molecule has 110 valence electrons. The van der Waals surface area contributed by atoms with Gasteiger partial charge in [0.05, 0.1) is 19.3 Å². The Morgan fingerprint density at radius 1 is 1.19 bits per heavy atom. The van der Waals surface area contributed by atoms with E-state index in [1.165, 1.54) is 0 Å². The first kappa shape index (κ1) is 14.6. The zero-order chi connectivity index (χ0) is 15.1. The van der Waals surface area contributed by atoms with Crippen LogP contribution in [0.4, 0.5) is 0 Å². The molecule has 1 amide bonds. The van der Waals surface area contributed by atoms with E-state index in [2.05, 4.69) is 10.3 Å². The molecule has 2 rings (SSSR count). The van der Waals surface area contributed by atoms with Gasteiger partial charge in [0.1, 0.15) is 23.8 Å². The molecule has 2 N–H and O–H groups in total. The van der Waals surface area contributed by atoms with E-state index in [9.17, 15) is 9.59 Å². The zero-order valence-corrected chi connectivity index (χ0v) is 11.6. The summed E-state index contributed by atoms with van der Waals surface area (Å²) in [6.07, 6.45) is 0.656. The number of H-pyrrole nitrogens is 1. The molecule has 0 saturated carbocycles. The molecule has 1 aromatic carbocycles. The predicted molar refractivity (Wildman–Crippen MR) is 77.0 cm³/mol. The Bertz CT molecular complexity index is 604. The highest BCUT2D eigenvalue weighted by molar-refractivity contribution is 5.93. The third-order valence-electron chi connectivity index (χ3n) is 2.80. The number of ether oxygens (including phenoxy) is 2. The number of nitrogens with one attached hydrogen (secondary N) is 2. The maximum absolute atomic E-state index is 11.7. The van der Waals surface area contributed by atoms with Gasteiger partial charge < -0.3 is 19.8 Å². The zero-order valence-electron chi connectivity index (χ0n) is 11.6. The SMILES string of the molecule is COc1ccc(OCCNC(=O)c2ccc(C=O)[nH]2)cc1. The van der Waals surface area contributed by atoms with Crippen LogP contribution in [0.5, 0.6) is 11.5 Å². The first-order valence-electron chi connectivity index (χ1n) is 6.42. The largest absolute Gasteiger partial charge is 0.497 e. The van der Waals surface area contributed by atoms with Gasteiger partial charge in [-0.05, 0) is 36.4 Å². The minimum Gasteiger partial charge on any atom is -0.497 e. The van der Waals surface area contributed by atoms with Gasteiger partial charge in [-0.25, -0.2) is 0 Å². The molecule has 0 radical (unpaired) electrons. The second-order valence-corrected chi connectivity index (χ2v) is 4.23. The maximum Gasteiger partial charge on any atom is 0.267 e. The Hall–Kier alpha value is -2.76. The second kappa shape index (κ2) is 7.14. The standard InChI is InChI=1S/C15H16N2O4/c1-20-12-3-5-13(6-4-12)21-9-8-16-15(19)14-7-2-11(10-18)17-14/h2-7,10,17H,8-9H2,1H3,(H,16,19). The number of benzene rings is 1. The summed E-state index contributed by atoms with van der Waals surface area (Å²) < 4.78 is 10.5. The number of aromatic amines is 1. The van der Waals surface area contributed by atoms with Crippen molar-refractivity contribution in [3.05, 3.63) is 47.8 Å². The van der Waals surface area contributed by atoms with Gasteiger partial charge in [-0.2, -0.15) is 0 Å². The van der Waals surface area contributed by atoms with Crippen LogP contribution in [-0.2, 0) is 0 Å². The molecule has 0 aliphatic rings. The van der Waals surface area contributed by atoms with E-state index in [1.54, 1.807) is 43.5 Å². The van der Waals surface area contributed by atoms with Crippen LogP contribution in [0.25, 0.3) is 0 Å². The van der Waals surface area contributed by atoms with E-state index in [4.69, 9.17) is 9.47 Å². The number of hydrogen-bond donors (Lipinski definition) is 2. The molecule has 0 spiro atoms. The van der Waals surface area contributed by atoms with Crippen LogP contribution in [0.3, 0.4) is 0 Å². The monoisotopic (exact) mass is 288 g/mol. The highest BCUT2D eigenvalue weighted by Gasteiger charge is 2.07. The Balaban J connectivity index is 1.73. The van der Waals surface area contributed by atoms with Crippen molar-refractivity contribution in [2.24, 2.45) is 0 Å². The molecule has 0 atom stereocenters. The minimum atomic E-state index is -0.276. The number of aldehydes is 1. The third-order valence-corrected chi connectivity index (χ3v) is 2.80. The van der Waals surface area contributed by atoms with Crippen molar-refractivity contribution in [3.8, 4) is 11.5 Å². The molecule has 21 heavy (non-hydrogen) atoms. The van der Waals surface area contributed by atoms with Crippen molar-refractivity contribution < 1.29 is 19.1 Å². The summed E-state index contributed by atoms with van der Waals surface area (Å²) >= 11 is 0. The molecule has 6 heteroatoms. The number of carbonyl (C=O) groups is 2. The van der Waals surface area contributed by atoms with E-state index in [0.717, 1.165) is 5.75 Å². The number of hydrogen-bond acceptors (Lipinski definition) is 4. The lowest BCUT2D eigenvalue weighted by molar-refractivity contribution is 0.0942.